The molecule has 3 N–H and O–H groups in total. The molecule has 0 aromatic carbocycles. The molecule has 7 nitrogen and oxygen atoms in total. The van der Waals surface area contributed by atoms with E-state index in [1.54, 1.807) is 0 Å². The van der Waals surface area contributed by atoms with Crippen LogP contribution < -0.4 is 16.2 Å². The molecule has 0 radical (unpaired) electrons. The average Bonchev–Trinajstić information content (AvgIpc) is 2.99. The van der Waals surface area contributed by atoms with Gasteiger partial charge in [-0.2, -0.15) is 5.10 Å². The van der Waals surface area contributed by atoms with Crippen LogP contribution in [0.25, 0.3) is 0 Å². The highest BCUT2D eigenvalue weighted by Gasteiger charge is 2.43. The summed E-state index contributed by atoms with van der Waals surface area (Å²) in [6, 6.07) is 0.196. The number of aromatic nitrogens is 2. The number of anilines is 1. The number of hydrogen-bond acceptors (Lipinski definition) is 5. The minimum atomic E-state index is -0.866. The normalized spacial score (nSPS) is 29.2. The SMILES string of the molecule is C[C@@H]1[C@@H](C)C(C)(C)[C@@H](C)C[C@H]1Nc1cnn(CC(=O)NCC2(O)CCCCCC2)c(=O)c1Cl. The minimum absolute atomic E-state index is 0.0533. The molecule has 0 bridgehead atoms. The number of halogens is 1. The summed E-state index contributed by atoms with van der Waals surface area (Å²) in [4.78, 5) is 25.2. The van der Waals surface area contributed by atoms with Crippen LogP contribution in [0.3, 0.4) is 0 Å². The Morgan fingerprint density at radius 2 is 1.85 bits per heavy atom. The number of carbonyl (C=O) groups is 1. The van der Waals surface area contributed by atoms with Gasteiger partial charge in [0, 0.05) is 12.6 Å². The van der Waals surface area contributed by atoms with Crippen LogP contribution >= 0.6 is 11.6 Å². The zero-order valence-corrected chi connectivity index (χ0v) is 21.5. The Bertz CT molecular complexity index is 892. The fourth-order valence-electron chi connectivity index (χ4n) is 5.46. The molecule has 0 spiro atoms. The molecule has 2 aliphatic carbocycles. The van der Waals surface area contributed by atoms with E-state index in [1.165, 1.54) is 6.20 Å². The molecule has 1 aromatic heterocycles. The van der Waals surface area contributed by atoms with Crippen molar-refractivity contribution in [2.45, 2.75) is 97.8 Å². The number of rotatable bonds is 6. The predicted octanol–water partition coefficient (Wildman–Crippen LogP) is 4.22. The standard InChI is InChI=1S/C25H41ClN4O3/c1-16-12-19(17(2)18(3)24(16,4)5)29-20-13-28-30(23(32)22(20)26)14-21(31)27-15-25(33)10-8-6-7-9-11-25/h13,16-19,29,33H,6-12,14-15H2,1-5H3,(H,27,31)/t16-,17+,18+,19+/m0/s1. The number of hydrogen-bond donors (Lipinski definition) is 3. The van der Waals surface area contributed by atoms with Gasteiger partial charge in [-0.1, -0.05) is 71.9 Å². The van der Waals surface area contributed by atoms with E-state index in [2.05, 4.69) is 50.4 Å². The second kappa shape index (κ2) is 10.3. The molecule has 186 valence electrons. The van der Waals surface area contributed by atoms with Crippen molar-refractivity contribution >= 4 is 23.2 Å². The van der Waals surface area contributed by atoms with Gasteiger partial charge in [-0.25, -0.2) is 4.68 Å². The molecule has 3 rings (SSSR count). The maximum Gasteiger partial charge on any atom is 0.288 e. The quantitative estimate of drug-likeness (QED) is 0.530. The topological polar surface area (TPSA) is 96.2 Å². The molecule has 0 saturated heterocycles. The summed E-state index contributed by atoms with van der Waals surface area (Å²) in [5.74, 6) is 1.10. The van der Waals surface area contributed by atoms with E-state index in [0.29, 0.717) is 36.3 Å². The van der Waals surface area contributed by atoms with E-state index in [0.717, 1.165) is 36.8 Å². The smallest absolute Gasteiger partial charge is 0.288 e. The van der Waals surface area contributed by atoms with Gasteiger partial charge >= 0.3 is 0 Å². The molecular weight excluding hydrogens is 440 g/mol. The van der Waals surface area contributed by atoms with Crippen LogP contribution in [0.2, 0.25) is 5.02 Å². The van der Waals surface area contributed by atoms with Crippen molar-refractivity contribution in [3.8, 4) is 0 Å². The number of nitrogens with zero attached hydrogens (tertiary/aromatic N) is 2. The molecule has 2 aliphatic rings. The van der Waals surface area contributed by atoms with Gasteiger partial charge in [0.1, 0.15) is 11.6 Å². The lowest BCUT2D eigenvalue weighted by Crippen LogP contribution is -2.48. The van der Waals surface area contributed by atoms with E-state index in [-0.39, 0.29) is 35.5 Å². The van der Waals surface area contributed by atoms with Crippen molar-refractivity contribution in [1.82, 2.24) is 15.1 Å². The summed E-state index contributed by atoms with van der Waals surface area (Å²) >= 11 is 6.41. The van der Waals surface area contributed by atoms with Crippen LogP contribution in [-0.4, -0.2) is 39.0 Å². The van der Waals surface area contributed by atoms with E-state index in [1.807, 2.05) is 0 Å². The zero-order chi connectivity index (χ0) is 24.4. The van der Waals surface area contributed by atoms with Crippen LogP contribution in [0.5, 0.6) is 0 Å². The van der Waals surface area contributed by atoms with Gasteiger partial charge in [0.2, 0.25) is 5.91 Å². The maximum absolute atomic E-state index is 12.8. The summed E-state index contributed by atoms with van der Waals surface area (Å²) < 4.78 is 1.08. The molecule has 1 heterocycles. The Morgan fingerprint density at radius 3 is 2.48 bits per heavy atom. The fraction of sp³-hybridized carbons (Fsp3) is 0.800. The second-order valence-electron chi connectivity index (χ2n) is 11.1. The first-order valence-corrected chi connectivity index (χ1v) is 12.8. The first kappa shape index (κ1) is 26.0. The summed E-state index contributed by atoms with van der Waals surface area (Å²) in [5.41, 5.74) is -0.590. The van der Waals surface area contributed by atoms with Gasteiger partial charge in [-0.15, -0.1) is 0 Å². The van der Waals surface area contributed by atoms with E-state index < -0.39 is 11.2 Å². The Balaban J connectivity index is 1.63. The third-order valence-corrected chi connectivity index (χ3v) is 9.11. The molecule has 2 saturated carbocycles. The average molecular weight is 481 g/mol. The van der Waals surface area contributed by atoms with E-state index in [4.69, 9.17) is 11.6 Å². The van der Waals surface area contributed by atoms with E-state index in [9.17, 15) is 14.7 Å². The molecule has 1 amide bonds. The summed E-state index contributed by atoms with van der Waals surface area (Å²) in [6.07, 6.45) is 8.06. The fourth-order valence-corrected chi connectivity index (χ4v) is 5.66. The van der Waals surface area contributed by atoms with Gasteiger partial charge in [0.05, 0.1) is 17.5 Å². The van der Waals surface area contributed by atoms with Crippen molar-refractivity contribution < 1.29 is 9.90 Å². The third kappa shape index (κ3) is 5.91. The summed E-state index contributed by atoms with van der Waals surface area (Å²) in [6.45, 7) is 11.4. The summed E-state index contributed by atoms with van der Waals surface area (Å²) in [5, 5.41) is 21.2. The van der Waals surface area contributed by atoms with Crippen LogP contribution in [0.4, 0.5) is 5.69 Å². The first-order chi connectivity index (χ1) is 15.4. The molecule has 8 heteroatoms. The Hall–Kier alpha value is -1.60. The molecule has 4 atom stereocenters. The van der Waals surface area contributed by atoms with Gasteiger partial charge in [-0.3, -0.25) is 9.59 Å². The van der Waals surface area contributed by atoms with E-state index >= 15 is 0 Å². The van der Waals surface area contributed by atoms with Crippen LogP contribution in [0.15, 0.2) is 11.0 Å². The largest absolute Gasteiger partial charge is 0.388 e. The number of aliphatic hydroxyl groups is 1. The molecule has 2 fully saturated rings. The highest BCUT2D eigenvalue weighted by Crippen LogP contribution is 2.48. The maximum atomic E-state index is 12.8. The molecule has 0 aliphatic heterocycles. The second-order valence-corrected chi connectivity index (χ2v) is 11.5. The highest BCUT2D eigenvalue weighted by atomic mass is 35.5. The Labute approximate surface area is 202 Å². The lowest BCUT2D eigenvalue weighted by Gasteiger charge is -2.50. The van der Waals surface area contributed by atoms with Gasteiger partial charge in [0.25, 0.3) is 5.56 Å². The van der Waals surface area contributed by atoms with Crippen molar-refractivity contribution in [1.29, 1.82) is 0 Å². The monoisotopic (exact) mass is 480 g/mol. The Morgan fingerprint density at radius 1 is 1.21 bits per heavy atom. The molecule has 0 unspecified atom stereocenters. The van der Waals surface area contributed by atoms with Gasteiger partial charge in [-0.05, 0) is 42.4 Å². The lowest BCUT2D eigenvalue weighted by molar-refractivity contribution is -0.123. The number of nitrogens with one attached hydrogen (secondary N) is 2. The molecule has 1 aromatic rings. The van der Waals surface area contributed by atoms with Crippen molar-refractivity contribution in [3.63, 3.8) is 0 Å². The lowest BCUT2D eigenvalue weighted by atomic mass is 9.58. The minimum Gasteiger partial charge on any atom is -0.388 e. The van der Waals surface area contributed by atoms with Crippen molar-refractivity contribution in [2.75, 3.05) is 11.9 Å². The highest BCUT2D eigenvalue weighted by molar-refractivity contribution is 6.32. The van der Waals surface area contributed by atoms with Crippen LogP contribution in [0, 0.1) is 23.2 Å². The summed E-state index contributed by atoms with van der Waals surface area (Å²) in [7, 11) is 0. The van der Waals surface area contributed by atoms with Crippen LogP contribution in [0.1, 0.15) is 79.6 Å². The number of carbonyl (C=O) groups excluding carboxylic acids is 1. The molecular formula is C25H41ClN4O3. The van der Waals surface area contributed by atoms with Gasteiger partial charge in [0.15, 0.2) is 0 Å². The van der Waals surface area contributed by atoms with Gasteiger partial charge < -0.3 is 15.7 Å². The zero-order valence-electron chi connectivity index (χ0n) is 20.8. The predicted molar refractivity (Wildman–Crippen MR) is 132 cm³/mol. The number of amides is 1. The van der Waals surface area contributed by atoms with Crippen LogP contribution in [-0.2, 0) is 11.3 Å². The van der Waals surface area contributed by atoms with Crippen molar-refractivity contribution in [3.05, 3.63) is 21.6 Å². The molecule has 33 heavy (non-hydrogen) atoms. The third-order valence-electron chi connectivity index (χ3n) is 8.74. The van der Waals surface area contributed by atoms with Crippen molar-refractivity contribution in [2.24, 2.45) is 23.2 Å². The first-order valence-electron chi connectivity index (χ1n) is 12.5. The Kier molecular flexibility index (Phi) is 8.15.